The molecule has 33 heavy (non-hydrogen) atoms. The van der Waals surface area contributed by atoms with Crippen LogP contribution in [-0.4, -0.2) is 15.9 Å². The van der Waals surface area contributed by atoms with Gasteiger partial charge in [0.05, 0.1) is 5.56 Å². The van der Waals surface area contributed by atoms with Crippen molar-refractivity contribution in [2.24, 2.45) is 0 Å². The van der Waals surface area contributed by atoms with E-state index in [2.05, 4.69) is 21.9 Å². The second kappa shape index (κ2) is 9.61. The van der Waals surface area contributed by atoms with Crippen molar-refractivity contribution in [1.29, 1.82) is 0 Å². The maximum atomic E-state index is 14.4. The molecule has 4 aromatic rings. The van der Waals surface area contributed by atoms with Crippen molar-refractivity contribution in [3.8, 4) is 34.3 Å². The molecule has 0 atom stereocenters. The number of hydrogen-bond donors (Lipinski definition) is 2. The monoisotopic (exact) mass is 442 g/mol. The van der Waals surface area contributed by atoms with E-state index in [1.54, 1.807) is 24.3 Å². The lowest BCUT2D eigenvalue weighted by Gasteiger charge is -2.13. The molecule has 3 aromatic carbocycles. The summed E-state index contributed by atoms with van der Waals surface area (Å²) in [6.07, 6.45) is 2.33. The average molecular weight is 442 g/mol. The first-order valence-corrected chi connectivity index (χ1v) is 9.88. The van der Waals surface area contributed by atoms with E-state index in [1.165, 1.54) is 24.5 Å². The summed E-state index contributed by atoms with van der Waals surface area (Å²) in [6.45, 7) is 3.39. The predicted octanol–water partition coefficient (Wildman–Crippen LogP) is 5.57. The van der Waals surface area contributed by atoms with Gasteiger partial charge in [0.1, 0.15) is 23.6 Å². The molecule has 0 radical (unpaired) electrons. The molecule has 0 fully saturated rings. The molecule has 7 nitrogen and oxygen atoms in total. The fourth-order valence-electron chi connectivity index (χ4n) is 3.00. The number of benzene rings is 3. The van der Waals surface area contributed by atoms with Gasteiger partial charge in [-0.05, 0) is 48.0 Å². The van der Waals surface area contributed by atoms with Crippen molar-refractivity contribution in [3.05, 3.63) is 97.6 Å². The van der Waals surface area contributed by atoms with Crippen LogP contribution in [-0.2, 0) is 4.79 Å². The SMILES string of the molecule is C=CC(=O)Nc1ccc(F)c(Oc2ncnc(N)c2-c2ccc(Oc3ccccc3)cc2)c1. The van der Waals surface area contributed by atoms with Crippen molar-refractivity contribution < 1.29 is 18.7 Å². The number of para-hydroxylation sites is 1. The molecule has 8 heteroatoms. The van der Waals surface area contributed by atoms with Gasteiger partial charge in [0.25, 0.3) is 0 Å². The van der Waals surface area contributed by atoms with Crippen LogP contribution in [0.3, 0.4) is 0 Å². The highest BCUT2D eigenvalue weighted by Gasteiger charge is 2.17. The van der Waals surface area contributed by atoms with Gasteiger partial charge in [-0.15, -0.1) is 0 Å². The topological polar surface area (TPSA) is 99.4 Å². The number of rotatable bonds is 7. The summed E-state index contributed by atoms with van der Waals surface area (Å²) in [5.41, 5.74) is 7.48. The van der Waals surface area contributed by atoms with Crippen LogP contribution in [0.1, 0.15) is 0 Å². The van der Waals surface area contributed by atoms with Crippen molar-refractivity contribution >= 4 is 17.4 Å². The van der Waals surface area contributed by atoms with E-state index in [4.69, 9.17) is 15.2 Å². The summed E-state index contributed by atoms with van der Waals surface area (Å²) in [5, 5.41) is 2.55. The van der Waals surface area contributed by atoms with Crippen LogP contribution >= 0.6 is 0 Å². The van der Waals surface area contributed by atoms with Crippen molar-refractivity contribution in [2.75, 3.05) is 11.1 Å². The highest BCUT2D eigenvalue weighted by atomic mass is 19.1. The Morgan fingerprint density at radius 2 is 1.70 bits per heavy atom. The zero-order valence-corrected chi connectivity index (χ0v) is 17.4. The fraction of sp³-hybridized carbons (Fsp3) is 0. The second-order valence-electron chi connectivity index (χ2n) is 6.82. The van der Waals surface area contributed by atoms with Crippen LogP contribution in [0.5, 0.6) is 23.1 Å². The first-order valence-electron chi connectivity index (χ1n) is 9.88. The summed E-state index contributed by atoms with van der Waals surface area (Å²) >= 11 is 0. The van der Waals surface area contributed by atoms with Gasteiger partial charge in [0.2, 0.25) is 11.8 Å². The molecule has 1 aromatic heterocycles. The molecule has 0 bridgehead atoms. The van der Waals surface area contributed by atoms with E-state index < -0.39 is 11.7 Å². The minimum atomic E-state index is -0.638. The number of carbonyl (C=O) groups excluding carboxylic acids is 1. The number of ether oxygens (including phenoxy) is 2. The van der Waals surface area contributed by atoms with Crippen LogP contribution in [0.15, 0.2) is 91.8 Å². The molecular formula is C25H19FN4O3. The number of halogens is 1. The molecule has 1 amide bonds. The van der Waals surface area contributed by atoms with Crippen molar-refractivity contribution in [2.45, 2.75) is 0 Å². The summed E-state index contributed by atoms with van der Waals surface area (Å²) in [5.74, 6) is 0.341. The Kier molecular flexibility index (Phi) is 6.26. The minimum absolute atomic E-state index is 0.0605. The van der Waals surface area contributed by atoms with E-state index in [0.29, 0.717) is 28.3 Å². The van der Waals surface area contributed by atoms with Gasteiger partial charge >= 0.3 is 0 Å². The van der Waals surface area contributed by atoms with Gasteiger partial charge in [0.15, 0.2) is 11.6 Å². The van der Waals surface area contributed by atoms with Gasteiger partial charge in [0, 0.05) is 11.8 Å². The number of nitrogens with zero attached hydrogens (tertiary/aromatic N) is 2. The van der Waals surface area contributed by atoms with Gasteiger partial charge in [-0.1, -0.05) is 36.9 Å². The fourth-order valence-corrected chi connectivity index (χ4v) is 3.00. The van der Waals surface area contributed by atoms with E-state index in [9.17, 15) is 9.18 Å². The van der Waals surface area contributed by atoms with Gasteiger partial charge in [-0.25, -0.2) is 14.4 Å². The molecule has 0 aliphatic carbocycles. The molecule has 0 spiro atoms. The number of nitrogens with one attached hydrogen (secondary N) is 1. The molecule has 0 aliphatic rings. The van der Waals surface area contributed by atoms with Crippen molar-refractivity contribution in [3.63, 3.8) is 0 Å². The van der Waals surface area contributed by atoms with E-state index in [1.807, 2.05) is 30.3 Å². The molecule has 0 unspecified atom stereocenters. The first kappa shape index (κ1) is 21.5. The number of aromatic nitrogens is 2. The molecule has 4 rings (SSSR count). The zero-order valence-electron chi connectivity index (χ0n) is 17.4. The zero-order chi connectivity index (χ0) is 23.2. The molecule has 1 heterocycles. The number of hydrogen-bond acceptors (Lipinski definition) is 6. The number of nitrogens with two attached hydrogens (primary N) is 1. The third kappa shape index (κ3) is 5.13. The quantitative estimate of drug-likeness (QED) is 0.363. The smallest absolute Gasteiger partial charge is 0.247 e. The molecule has 164 valence electrons. The number of carbonyl (C=O) groups is 1. The normalized spacial score (nSPS) is 10.3. The molecular weight excluding hydrogens is 423 g/mol. The van der Waals surface area contributed by atoms with Crippen LogP contribution in [0.25, 0.3) is 11.1 Å². The van der Waals surface area contributed by atoms with Crippen molar-refractivity contribution in [1.82, 2.24) is 9.97 Å². The largest absolute Gasteiger partial charge is 0.457 e. The lowest BCUT2D eigenvalue weighted by Crippen LogP contribution is -2.07. The first-order chi connectivity index (χ1) is 16.0. The van der Waals surface area contributed by atoms with E-state index in [-0.39, 0.29) is 17.4 Å². The van der Waals surface area contributed by atoms with Crippen LogP contribution in [0.2, 0.25) is 0 Å². The Hall–Kier alpha value is -4.72. The number of amides is 1. The molecule has 0 saturated carbocycles. The summed E-state index contributed by atoms with van der Waals surface area (Å²) in [7, 11) is 0. The maximum absolute atomic E-state index is 14.4. The van der Waals surface area contributed by atoms with E-state index in [0.717, 1.165) is 6.08 Å². The standard InChI is InChI=1S/C25H19FN4O3/c1-2-22(31)30-17-10-13-20(26)21(14-17)33-25-23(24(27)28-15-29-25)16-8-11-19(12-9-16)32-18-6-4-3-5-7-18/h2-15H,1H2,(H,30,31)(H2,27,28,29). The maximum Gasteiger partial charge on any atom is 0.247 e. The highest BCUT2D eigenvalue weighted by Crippen LogP contribution is 2.37. The highest BCUT2D eigenvalue weighted by molar-refractivity contribution is 5.99. The van der Waals surface area contributed by atoms with Crippen LogP contribution in [0, 0.1) is 5.82 Å². The molecule has 3 N–H and O–H groups in total. The Bertz CT molecular complexity index is 1300. The number of anilines is 2. The Labute approximate surface area is 189 Å². The summed E-state index contributed by atoms with van der Waals surface area (Å²) in [4.78, 5) is 19.7. The average Bonchev–Trinajstić information content (AvgIpc) is 2.83. The van der Waals surface area contributed by atoms with Gasteiger partial charge in [-0.3, -0.25) is 4.79 Å². The molecule has 0 saturated heterocycles. The number of nitrogen functional groups attached to an aromatic ring is 1. The predicted molar refractivity (Wildman–Crippen MR) is 124 cm³/mol. The van der Waals surface area contributed by atoms with Gasteiger partial charge < -0.3 is 20.5 Å². The van der Waals surface area contributed by atoms with E-state index >= 15 is 0 Å². The molecule has 0 aliphatic heterocycles. The Morgan fingerprint density at radius 3 is 2.42 bits per heavy atom. The third-order valence-electron chi connectivity index (χ3n) is 4.55. The minimum Gasteiger partial charge on any atom is -0.457 e. The Morgan fingerprint density at radius 1 is 0.970 bits per heavy atom. The summed E-state index contributed by atoms with van der Waals surface area (Å²) < 4.78 is 26.0. The lowest BCUT2D eigenvalue weighted by atomic mass is 10.1. The lowest BCUT2D eigenvalue weighted by molar-refractivity contribution is -0.111. The summed E-state index contributed by atoms with van der Waals surface area (Å²) in [6, 6.07) is 20.4. The third-order valence-corrected chi connectivity index (χ3v) is 4.55. The van der Waals surface area contributed by atoms with Gasteiger partial charge in [-0.2, -0.15) is 0 Å². The van der Waals surface area contributed by atoms with Crippen LogP contribution in [0.4, 0.5) is 15.9 Å². The second-order valence-corrected chi connectivity index (χ2v) is 6.82. The Balaban J connectivity index is 1.62. The van der Waals surface area contributed by atoms with Crippen LogP contribution < -0.4 is 20.5 Å².